The second kappa shape index (κ2) is 9.98. The molecule has 0 bridgehead atoms. The fourth-order valence-electron chi connectivity index (χ4n) is 4.20. The second-order valence-corrected chi connectivity index (χ2v) is 8.19. The van der Waals surface area contributed by atoms with Crippen LogP contribution in [0.2, 0.25) is 0 Å². The monoisotopic (exact) mass is 444 g/mol. The van der Waals surface area contributed by atoms with Crippen LogP contribution < -0.4 is 9.80 Å². The summed E-state index contributed by atoms with van der Waals surface area (Å²) in [5.41, 5.74) is 4.68. The molecule has 6 heteroatoms. The van der Waals surface area contributed by atoms with Gasteiger partial charge >= 0.3 is 0 Å². The van der Waals surface area contributed by atoms with E-state index in [2.05, 4.69) is 0 Å². The van der Waals surface area contributed by atoms with E-state index in [0.717, 1.165) is 22.5 Å². The molecule has 6 nitrogen and oxygen atoms in total. The van der Waals surface area contributed by atoms with Gasteiger partial charge in [-0.25, -0.2) is 0 Å². The highest BCUT2D eigenvalue weighted by atomic mass is 16.5. The molecule has 0 saturated carbocycles. The summed E-state index contributed by atoms with van der Waals surface area (Å²) in [6.45, 7) is 3.38. The lowest BCUT2D eigenvalue weighted by atomic mass is 10.0. The summed E-state index contributed by atoms with van der Waals surface area (Å²) in [5, 5.41) is 0. The zero-order valence-corrected chi connectivity index (χ0v) is 19.2. The minimum absolute atomic E-state index is 0.0880. The van der Waals surface area contributed by atoms with E-state index in [1.807, 2.05) is 79.7 Å². The maximum absolute atomic E-state index is 13.5. The van der Waals surface area contributed by atoms with Crippen LogP contribution in [0.1, 0.15) is 38.8 Å². The van der Waals surface area contributed by atoms with Crippen LogP contribution >= 0.6 is 0 Å². The minimum Gasteiger partial charge on any atom is -0.380 e. The number of methoxy groups -OCH3 is 2. The van der Waals surface area contributed by atoms with Gasteiger partial charge in [-0.3, -0.25) is 9.59 Å². The highest BCUT2D eigenvalue weighted by molar-refractivity contribution is 6.13. The Morgan fingerprint density at radius 2 is 1.24 bits per heavy atom. The third-order valence-electron chi connectivity index (χ3n) is 5.81. The molecule has 1 atom stereocenters. The maximum Gasteiger partial charge on any atom is 0.258 e. The van der Waals surface area contributed by atoms with Crippen LogP contribution in [-0.2, 0) is 22.7 Å². The number of hydrogen-bond donors (Lipinski definition) is 0. The van der Waals surface area contributed by atoms with Crippen LogP contribution in [0.5, 0.6) is 0 Å². The molecule has 4 rings (SSSR count). The molecule has 1 heterocycles. The van der Waals surface area contributed by atoms with Gasteiger partial charge in [0.2, 0.25) is 0 Å². The first-order chi connectivity index (χ1) is 16.0. The second-order valence-electron chi connectivity index (χ2n) is 8.19. The molecule has 3 aromatic rings. The maximum atomic E-state index is 13.5. The molecule has 1 aliphatic heterocycles. The molecule has 1 aliphatic rings. The number of rotatable bonds is 6. The van der Waals surface area contributed by atoms with E-state index in [1.54, 1.807) is 24.0 Å². The molecule has 0 radical (unpaired) electrons. The standard InChI is InChI=1S/C27H28N2O4/c1-19-16-28(26(30)22-12-8-20(9-13-22)17-32-2)24-6-4-5-7-25(24)29(19)27(31)23-14-10-21(11-15-23)18-33-3/h4-15,19H,16-18H2,1-3H3. The van der Waals surface area contributed by atoms with E-state index in [-0.39, 0.29) is 17.9 Å². The zero-order chi connectivity index (χ0) is 23.4. The van der Waals surface area contributed by atoms with Gasteiger partial charge in [0.1, 0.15) is 0 Å². The SMILES string of the molecule is COCc1ccc(C(=O)N2CC(C)N(C(=O)c3ccc(COC)cc3)c3ccccc32)cc1. The van der Waals surface area contributed by atoms with Crippen LogP contribution in [0.25, 0.3) is 0 Å². The predicted molar refractivity (Wildman–Crippen MR) is 129 cm³/mol. The van der Waals surface area contributed by atoms with Gasteiger partial charge in [0, 0.05) is 31.9 Å². The van der Waals surface area contributed by atoms with Crippen LogP contribution in [0.4, 0.5) is 11.4 Å². The van der Waals surface area contributed by atoms with Crippen molar-refractivity contribution in [1.29, 1.82) is 0 Å². The van der Waals surface area contributed by atoms with Gasteiger partial charge in [0.15, 0.2) is 0 Å². The van der Waals surface area contributed by atoms with E-state index in [0.29, 0.717) is 30.9 Å². The summed E-state index contributed by atoms with van der Waals surface area (Å²) in [6.07, 6.45) is 0. The van der Waals surface area contributed by atoms with E-state index >= 15 is 0 Å². The van der Waals surface area contributed by atoms with Gasteiger partial charge in [-0.2, -0.15) is 0 Å². The summed E-state index contributed by atoms with van der Waals surface area (Å²) < 4.78 is 10.3. The quantitative estimate of drug-likeness (QED) is 0.554. The Morgan fingerprint density at radius 3 is 1.76 bits per heavy atom. The molecular formula is C27H28N2O4. The van der Waals surface area contributed by atoms with E-state index in [9.17, 15) is 9.59 Å². The molecule has 0 aliphatic carbocycles. The fourth-order valence-corrected chi connectivity index (χ4v) is 4.20. The first kappa shape index (κ1) is 22.7. The Balaban J connectivity index is 1.63. The molecule has 33 heavy (non-hydrogen) atoms. The highest BCUT2D eigenvalue weighted by Gasteiger charge is 2.35. The van der Waals surface area contributed by atoms with E-state index < -0.39 is 0 Å². The van der Waals surface area contributed by atoms with Gasteiger partial charge in [0.05, 0.1) is 30.6 Å². The van der Waals surface area contributed by atoms with Crippen molar-refractivity contribution in [3.8, 4) is 0 Å². The Labute approximate surface area is 194 Å². The molecule has 2 amide bonds. The number of benzene rings is 3. The van der Waals surface area contributed by atoms with Crippen molar-refractivity contribution in [2.75, 3.05) is 30.6 Å². The van der Waals surface area contributed by atoms with Crippen molar-refractivity contribution < 1.29 is 19.1 Å². The van der Waals surface area contributed by atoms with Crippen molar-refractivity contribution in [3.63, 3.8) is 0 Å². The number of carbonyl (C=O) groups excluding carboxylic acids is 2. The van der Waals surface area contributed by atoms with Gasteiger partial charge in [-0.1, -0.05) is 36.4 Å². The molecule has 0 fully saturated rings. The third-order valence-corrected chi connectivity index (χ3v) is 5.81. The van der Waals surface area contributed by atoms with Crippen LogP contribution in [0, 0.1) is 0 Å². The normalized spacial score (nSPS) is 15.3. The summed E-state index contributed by atoms with van der Waals surface area (Å²) in [6, 6.07) is 22.3. The molecule has 1 unspecified atom stereocenters. The number of para-hydroxylation sites is 2. The van der Waals surface area contributed by atoms with Crippen molar-refractivity contribution in [2.24, 2.45) is 0 Å². The molecule has 3 aromatic carbocycles. The van der Waals surface area contributed by atoms with Crippen LogP contribution in [0.15, 0.2) is 72.8 Å². The van der Waals surface area contributed by atoms with Gasteiger partial charge < -0.3 is 19.3 Å². The first-order valence-electron chi connectivity index (χ1n) is 10.9. The van der Waals surface area contributed by atoms with Crippen molar-refractivity contribution in [3.05, 3.63) is 95.1 Å². The number of amides is 2. The number of carbonyl (C=O) groups is 2. The summed E-state index contributed by atoms with van der Waals surface area (Å²) in [7, 11) is 3.29. The number of ether oxygens (including phenoxy) is 2. The molecule has 170 valence electrons. The summed E-state index contributed by atoms with van der Waals surface area (Å²) in [5.74, 6) is -0.177. The average molecular weight is 445 g/mol. The lowest BCUT2D eigenvalue weighted by Crippen LogP contribution is -2.52. The third kappa shape index (κ3) is 4.67. The number of anilines is 2. The van der Waals surface area contributed by atoms with Crippen molar-refractivity contribution >= 4 is 23.2 Å². The molecular weight excluding hydrogens is 416 g/mol. The summed E-state index contributed by atoms with van der Waals surface area (Å²) in [4.78, 5) is 30.4. The topological polar surface area (TPSA) is 59.1 Å². The van der Waals surface area contributed by atoms with Gasteiger partial charge in [-0.05, 0) is 54.4 Å². The molecule has 0 saturated heterocycles. The highest BCUT2D eigenvalue weighted by Crippen LogP contribution is 2.37. The lowest BCUT2D eigenvalue weighted by molar-refractivity contribution is 0.0952. The number of hydrogen-bond acceptors (Lipinski definition) is 4. The van der Waals surface area contributed by atoms with E-state index in [1.165, 1.54) is 0 Å². The van der Waals surface area contributed by atoms with Crippen molar-refractivity contribution in [1.82, 2.24) is 0 Å². The van der Waals surface area contributed by atoms with Crippen LogP contribution in [-0.4, -0.2) is 38.6 Å². The predicted octanol–water partition coefficient (Wildman–Crippen LogP) is 4.68. The number of fused-ring (bicyclic) bond motifs is 1. The summed E-state index contributed by atoms with van der Waals surface area (Å²) >= 11 is 0. The minimum atomic E-state index is -0.192. The average Bonchev–Trinajstić information content (AvgIpc) is 2.84. The first-order valence-corrected chi connectivity index (χ1v) is 10.9. The Kier molecular flexibility index (Phi) is 6.87. The smallest absolute Gasteiger partial charge is 0.258 e. The Hall–Kier alpha value is -3.48. The lowest BCUT2D eigenvalue weighted by Gasteiger charge is -2.41. The molecule has 0 N–H and O–H groups in total. The van der Waals surface area contributed by atoms with Crippen molar-refractivity contribution in [2.45, 2.75) is 26.2 Å². The van der Waals surface area contributed by atoms with Gasteiger partial charge in [0.25, 0.3) is 11.8 Å². The number of nitrogens with zero attached hydrogens (tertiary/aromatic N) is 2. The Bertz CT molecular complexity index is 1130. The van der Waals surface area contributed by atoms with Crippen LogP contribution in [0.3, 0.4) is 0 Å². The molecule has 0 aromatic heterocycles. The zero-order valence-electron chi connectivity index (χ0n) is 19.2. The Morgan fingerprint density at radius 1 is 0.758 bits per heavy atom. The molecule has 0 spiro atoms. The van der Waals surface area contributed by atoms with Gasteiger partial charge in [-0.15, -0.1) is 0 Å². The van der Waals surface area contributed by atoms with E-state index in [4.69, 9.17) is 9.47 Å². The largest absolute Gasteiger partial charge is 0.380 e. The fraction of sp³-hybridized carbons (Fsp3) is 0.259.